The Kier molecular flexibility index (Phi) is 3.73. The van der Waals surface area contributed by atoms with Crippen LogP contribution in [0.1, 0.15) is 20.7 Å². The van der Waals surface area contributed by atoms with E-state index in [2.05, 4.69) is 15.9 Å². The molecule has 2 unspecified atom stereocenters. The van der Waals surface area contributed by atoms with Crippen molar-refractivity contribution in [1.82, 2.24) is 9.80 Å². The minimum Gasteiger partial charge on any atom is -0.479 e. The second kappa shape index (κ2) is 5.70. The third-order valence-corrected chi connectivity index (χ3v) is 6.38. The summed E-state index contributed by atoms with van der Waals surface area (Å²) in [5.41, 5.74) is 1.10. The van der Waals surface area contributed by atoms with Gasteiger partial charge in [0.25, 0.3) is 17.7 Å². The number of carboxylic acids is 1. The van der Waals surface area contributed by atoms with Gasteiger partial charge in [0.05, 0.1) is 11.1 Å². The summed E-state index contributed by atoms with van der Waals surface area (Å²) in [5, 5.41) is 10.9. The number of β-lactam (4-membered cyclic amide) rings is 1. The van der Waals surface area contributed by atoms with Crippen LogP contribution in [0, 0.1) is 0 Å². The summed E-state index contributed by atoms with van der Waals surface area (Å²) in [6.45, 7) is 0. The van der Waals surface area contributed by atoms with Crippen molar-refractivity contribution >= 4 is 51.4 Å². The highest BCUT2D eigenvalue weighted by molar-refractivity contribution is 9.09. The Labute approximate surface area is 154 Å². The van der Waals surface area contributed by atoms with Crippen molar-refractivity contribution in [2.24, 2.45) is 0 Å². The van der Waals surface area contributed by atoms with Gasteiger partial charge in [0.1, 0.15) is 11.4 Å². The maximum absolute atomic E-state index is 12.7. The number of nitrogens with zero attached hydrogens (tertiary/aromatic N) is 2. The molecule has 0 spiro atoms. The van der Waals surface area contributed by atoms with E-state index in [1.807, 2.05) is 0 Å². The molecule has 0 bridgehead atoms. The Morgan fingerprint density at radius 1 is 1.16 bits per heavy atom. The van der Waals surface area contributed by atoms with Crippen molar-refractivity contribution in [2.45, 2.75) is 17.5 Å². The van der Waals surface area contributed by atoms with Crippen molar-refractivity contribution in [1.29, 1.82) is 0 Å². The van der Waals surface area contributed by atoms with Crippen molar-refractivity contribution in [3.63, 3.8) is 0 Å². The lowest BCUT2D eigenvalue weighted by Crippen LogP contribution is -2.74. The van der Waals surface area contributed by atoms with E-state index in [9.17, 15) is 24.3 Å². The van der Waals surface area contributed by atoms with Gasteiger partial charge in [-0.1, -0.05) is 28.1 Å². The first-order valence-corrected chi connectivity index (χ1v) is 9.46. The third kappa shape index (κ3) is 2.12. The minimum absolute atomic E-state index is 0.269. The zero-order chi connectivity index (χ0) is 17.9. The van der Waals surface area contributed by atoms with Crippen LogP contribution in [-0.2, 0) is 9.59 Å². The van der Waals surface area contributed by atoms with Crippen molar-refractivity contribution in [3.05, 3.63) is 46.4 Å². The number of fused-ring (bicyclic) bond motifs is 2. The number of thioether (sulfide) groups is 1. The van der Waals surface area contributed by atoms with Gasteiger partial charge in [-0.3, -0.25) is 19.3 Å². The molecule has 3 atom stereocenters. The molecule has 1 fully saturated rings. The van der Waals surface area contributed by atoms with Gasteiger partial charge >= 0.3 is 5.97 Å². The van der Waals surface area contributed by atoms with E-state index in [-0.39, 0.29) is 11.1 Å². The summed E-state index contributed by atoms with van der Waals surface area (Å²) in [5.74, 6) is -2.68. The zero-order valence-corrected chi connectivity index (χ0v) is 15.0. The van der Waals surface area contributed by atoms with Gasteiger partial charge in [-0.2, -0.15) is 0 Å². The second-order valence-corrected chi connectivity index (χ2v) is 7.36. The number of amides is 3. The number of carbonyl (C=O) groups is 4. The van der Waals surface area contributed by atoms with Crippen LogP contribution >= 0.6 is 27.7 Å². The van der Waals surface area contributed by atoms with E-state index in [1.165, 1.54) is 16.7 Å². The molecule has 128 valence electrons. The molecule has 0 radical (unpaired) electrons. The Balaban J connectivity index is 1.68. The molecule has 25 heavy (non-hydrogen) atoms. The largest absolute Gasteiger partial charge is 0.479 e. The SMILES string of the molecule is O=C(O)[C@H]1C(CBr)=CSC2C(N3C(=O)c4ccccc4C3=O)C(=O)N21. The highest BCUT2D eigenvalue weighted by Crippen LogP contribution is 2.44. The van der Waals surface area contributed by atoms with Crippen molar-refractivity contribution in [2.75, 3.05) is 5.33 Å². The van der Waals surface area contributed by atoms with E-state index in [4.69, 9.17) is 0 Å². The normalized spacial score (nSPS) is 27.6. The maximum Gasteiger partial charge on any atom is 0.330 e. The van der Waals surface area contributed by atoms with Crippen LogP contribution in [0.15, 0.2) is 35.2 Å². The number of rotatable bonds is 3. The smallest absolute Gasteiger partial charge is 0.330 e. The zero-order valence-electron chi connectivity index (χ0n) is 12.6. The number of aliphatic carboxylic acids is 1. The fourth-order valence-electron chi connectivity index (χ4n) is 3.37. The summed E-state index contributed by atoms with van der Waals surface area (Å²) >= 11 is 4.48. The van der Waals surface area contributed by atoms with Crippen LogP contribution in [0.2, 0.25) is 0 Å². The molecular formula is C16H11BrN2O5S. The number of halogens is 1. The molecule has 1 N–H and O–H groups in total. The van der Waals surface area contributed by atoms with E-state index in [0.717, 1.165) is 4.90 Å². The van der Waals surface area contributed by atoms with Crippen LogP contribution in [-0.4, -0.2) is 61.4 Å². The summed E-state index contributed by atoms with van der Waals surface area (Å²) < 4.78 is 0. The average molecular weight is 423 g/mol. The quantitative estimate of drug-likeness (QED) is 0.448. The number of imide groups is 1. The molecule has 1 saturated heterocycles. The molecule has 4 rings (SSSR count). The van der Waals surface area contributed by atoms with Gasteiger partial charge in [0.15, 0.2) is 6.04 Å². The fraction of sp³-hybridized carbons (Fsp3) is 0.250. The first-order chi connectivity index (χ1) is 12.0. The first-order valence-electron chi connectivity index (χ1n) is 7.39. The van der Waals surface area contributed by atoms with Crippen LogP contribution in [0.4, 0.5) is 0 Å². The van der Waals surface area contributed by atoms with Gasteiger partial charge in [-0.25, -0.2) is 4.79 Å². The van der Waals surface area contributed by atoms with Gasteiger partial charge in [-0.15, -0.1) is 11.8 Å². The lowest BCUT2D eigenvalue weighted by atomic mass is 9.97. The summed E-state index contributed by atoms with van der Waals surface area (Å²) in [7, 11) is 0. The lowest BCUT2D eigenvalue weighted by Gasteiger charge is -2.53. The number of carboxylic acid groups (broad SMARTS) is 1. The summed E-state index contributed by atoms with van der Waals surface area (Å²) in [6.07, 6.45) is 0. The number of hydrogen-bond acceptors (Lipinski definition) is 5. The monoisotopic (exact) mass is 422 g/mol. The maximum atomic E-state index is 12.7. The predicted molar refractivity (Wildman–Crippen MR) is 92.3 cm³/mol. The van der Waals surface area contributed by atoms with Crippen molar-refractivity contribution < 1.29 is 24.3 Å². The van der Waals surface area contributed by atoms with Gasteiger partial charge in [-0.05, 0) is 23.1 Å². The Bertz CT molecular complexity index is 835. The predicted octanol–water partition coefficient (Wildman–Crippen LogP) is 1.30. The molecule has 7 nitrogen and oxygen atoms in total. The average Bonchev–Trinajstić information content (AvgIpc) is 2.86. The molecule has 3 aliphatic heterocycles. The van der Waals surface area contributed by atoms with E-state index >= 15 is 0 Å². The second-order valence-electron chi connectivity index (χ2n) is 5.81. The lowest BCUT2D eigenvalue weighted by molar-refractivity contribution is -0.161. The number of alkyl halides is 1. The van der Waals surface area contributed by atoms with Crippen LogP contribution in [0.5, 0.6) is 0 Å². The molecule has 1 aromatic rings. The van der Waals surface area contributed by atoms with Crippen LogP contribution in [0.3, 0.4) is 0 Å². The molecule has 3 amide bonds. The first kappa shape index (κ1) is 16.3. The highest BCUT2D eigenvalue weighted by Gasteiger charge is 2.60. The summed E-state index contributed by atoms with van der Waals surface area (Å²) in [6, 6.07) is 4.35. The molecule has 3 aliphatic rings. The van der Waals surface area contributed by atoms with E-state index in [0.29, 0.717) is 10.9 Å². The molecule has 0 aromatic heterocycles. The van der Waals surface area contributed by atoms with Crippen molar-refractivity contribution in [3.8, 4) is 0 Å². The highest BCUT2D eigenvalue weighted by atomic mass is 79.9. The third-order valence-electron chi connectivity index (χ3n) is 4.53. The van der Waals surface area contributed by atoms with Gasteiger partial charge in [0, 0.05) is 5.33 Å². The van der Waals surface area contributed by atoms with Gasteiger partial charge < -0.3 is 10.0 Å². The number of benzene rings is 1. The molecule has 1 aromatic carbocycles. The number of carbonyl (C=O) groups excluding carboxylic acids is 3. The molecular weight excluding hydrogens is 412 g/mol. The Morgan fingerprint density at radius 3 is 2.28 bits per heavy atom. The fourth-order valence-corrected chi connectivity index (χ4v) is 5.32. The van der Waals surface area contributed by atoms with Gasteiger partial charge in [0.2, 0.25) is 0 Å². The topological polar surface area (TPSA) is 95.0 Å². The Hall–Kier alpha value is -2.13. The number of hydrogen-bond donors (Lipinski definition) is 1. The minimum atomic E-state index is -1.13. The van der Waals surface area contributed by atoms with Crippen LogP contribution in [0.25, 0.3) is 0 Å². The van der Waals surface area contributed by atoms with E-state index < -0.39 is 41.1 Å². The Morgan fingerprint density at radius 2 is 1.76 bits per heavy atom. The molecule has 3 heterocycles. The van der Waals surface area contributed by atoms with E-state index in [1.54, 1.807) is 29.7 Å². The summed E-state index contributed by atoms with van der Waals surface area (Å²) in [4.78, 5) is 51.6. The molecule has 9 heteroatoms. The molecule has 0 aliphatic carbocycles. The van der Waals surface area contributed by atoms with Crippen LogP contribution < -0.4 is 0 Å². The standard InChI is InChI=1S/C16H11BrN2O5S/c17-5-7-6-25-15-11(14(22)19(15)10(7)16(23)24)18-12(20)8-3-1-2-4-9(8)13(18)21/h1-4,6,10-11,15H,5H2,(H,23,24)/t10-,11?,15?/m1/s1. The molecule has 0 saturated carbocycles.